The molecule has 0 fully saturated rings. The zero-order valence-corrected chi connectivity index (χ0v) is 11.1. The third kappa shape index (κ3) is 3.96. The van der Waals surface area contributed by atoms with Crippen LogP contribution in [0.2, 0.25) is 5.15 Å². The van der Waals surface area contributed by atoms with Gasteiger partial charge in [0, 0.05) is 11.9 Å². The van der Waals surface area contributed by atoms with Gasteiger partial charge in [-0.3, -0.25) is 4.79 Å². The van der Waals surface area contributed by atoms with Crippen molar-refractivity contribution in [2.24, 2.45) is 0 Å². The third-order valence-corrected chi connectivity index (χ3v) is 2.67. The summed E-state index contributed by atoms with van der Waals surface area (Å²) < 4.78 is 5.29. The van der Waals surface area contributed by atoms with Crippen LogP contribution in [0.25, 0.3) is 0 Å². The van der Waals surface area contributed by atoms with Gasteiger partial charge in [0.05, 0.1) is 0 Å². The molecule has 1 aromatic heterocycles. The number of nitrogens with one attached hydrogen (secondary N) is 1. The third-order valence-electron chi connectivity index (χ3n) is 2.39. The van der Waals surface area contributed by atoms with Gasteiger partial charge in [0.15, 0.2) is 17.5 Å². The van der Waals surface area contributed by atoms with E-state index >= 15 is 0 Å². The van der Waals surface area contributed by atoms with Crippen LogP contribution >= 0.6 is 11.6 Å². The number of hydrogen-bond donors (Lipinski definition) is 1. The highest BCUT2D eigenvalue weighted by atomic mass is 35.5. The van der Waals surface area contributed by atoms with Gasteiger partial charge in [-0.25, -0.2) is 4.98 Å². The number of carbonyl (C=O) groups excluding carboxylic acids is 1. The molecule has 0 saturated carbocycles. The fraction of sp³-hybridized carbons (Fsp3) is 0.143. The van der Waals surface area contributed by atoms with Crippen LogP contribution in [0.3, 0.4) is 0 Å². The fourth-order valence-electron chi connectivity index (χ4n) is 1.54. The first-order valence-electron chi connectivity index (χ1n) is 5.75. The highest BCUT2D eigenvalue weighted by Gasteiger charge is 2.06. The van der Waals surface area contributed by atoms with Crippen LogP contribution in [0, 0.1) is 6.92 Å². The van der Waals surface area contributed by atoms with Crippen molar-refractivity contribution in [2.75, 3.05) is 11.9 Å². The number of ether oxygens (including phenoxy) is 1. The Hall–Kier alpha value is -2.07. The number of amides is 1. The Balaban J connectivity index is 1.90. The lowest BCUT2D eigenvalue weighted by molar-refractivity contribution is -0.118. The lowest BCUT2D eigenvalue weighted by Crippen LogP contribution is -2.20. The van der Waals surface area contributed by atoms with E-state index in [1.807, 2.05) is 31.2 Å². The molecule has 19 heavy (non-hydrogen) atoms. The Morgan fingerprint density at radius 1 is 1.37 bits per heavy atom. The van der Waals surface area contributed by atoms with Gasteiger partial charge in [-0.05, 0) is 36.8 Å². The number of halogens is 1. The molecule has 0 saturated heterocycles. The van der Waals surface area contributed by atoms with E-state index in [1.54, 1.807) is 18.3 Å². The van der Waals surface area contributed by atoms with Gasteiger partial charge in [0.2, 0.25) is 0 Å². The number of aryl methyl sites for hydroxylation is 1. The van der Waals surface area contributed by atoms with Gasteiger partial charge >= 0.3 is 0 Å². The SMILES string of the molecule is Cc1cccc(NC(=O)COc2cccnc2Cl)c1. The summed E-state index contributed by atoms with van der Waals surface area (Å²) in [6.07, 6.45) is 1.56. The van der Waals surface area contributed by atoms with Crippen molar-refractivity contribution in [1.82, 2.24) is 4.98 Å². The molecule has 98 valence electrons. The first-order valence-corrected chi connectivity index (χ1v) is 6.13. The Morgan fingerprint density at radius 2 is 2.21 bits per heavy atom. The lowest BCUT2D eigenvalue weighted by Gasteiger charge is -2.08. The van der Waals surface area contributed by atoms with Crippen LogP contribution < -0.4 is 10.1 Å². The molecule has 0 radical (unpaired) electrons. The number of nitrogens with zero attached hydrogens (tertiary/aromatic N) is 1. The van der Waals surface area contributed by atoms with Gasteiger partial charge in [0.25, 0.3) is 5.91 Å². The Kier molecular flexibility index (Phi) is 4.36. The number of carbonyl (C=O) groups is 1. The van der Waals surface area contributed by atoms with Gasteiger partial charge < -0.3 is 10.1 Å². The molecule has 1 N–H and O–H groups in total. The molecule has 0 unspecified atom stereocenters. The van der Waals surface area contributed by atoms with E-state index in [9.17, 15) is 4.79 Å². The van der Waals surface area contributed by atoms with E-state index < -0.39 is 0 Å². The predicted octanol–water partition coefficient (Wildman–Crippen LogP) is 3.06. The Labute approximate surface area is 116 Å². The molecule has 0 aliphatic carbocycles. The molecule has 1 heterocycles. The van der Waals surface area contributed by atoms with Crippen LogP contribution in [0.4, 0.5) is 5.69 Å². The second-order valence-electron chi connectivity index (χ2n) is 4.00. The topological polar surface area (TPSA) is 51.2 Å². The average Bonchev–Trinajstić information content (AvgIpc) is 2.38. The molecule has 0 atom stereocenters. The first kappa shape index (κ1) is 13.4. The van der Waals surface area contributed by atoms with E-state index in [1.165, 1.54) is 0 Å². The van der Waals surface area contributed by atoms with Crippen molar-refractivity contribution in [3.63, 3.8) is 0 Å². The lowest BCUT2D eigenvalue weighted by atomic mass is 10.2. The number of benzene rings is 1. The molecule has 4 nitrogen and oxygen atoms in total. The molecule has 0 aliphatic rings. The van der Waals surface area contributed by atoms with Crippen molar-refractivity contribution in [3.05, 3.63) is 53.3 Å². The minimum absolute atomic E-state index is 0.112. The van der Waals surface area contributed by atoms with Crippen LogP contribution in [0.5, 0.6) is 5.75 Å². The molecule has 0 spiro atoms. The van der Waals surface area contributed by atoms with Crippen molar-refractivity contribution in [2.45, 2.75) is 6.92 Å². The van der Waals surface area contributed by atoms with Gasteiger partial charge in [-0.2, -0.15) is 0 Å². The van der Waals surface area contributed by atoms with Gasteiger partial charge in [0.1, 0.15) is 0 Å². The van der Waals surface area contributed by atoms with E-state index in [-0.39, 0.29) is 17.7 Å². The highest BCUT2D eigenvalue weighted by molar-refractivity contribution is 6.30. The number of rotatable bonds is 4. The predicted molar refractivity (Wildman–Crippen MR) is 74.6 cm³/mol. The van der Waals surface area contributed by atoms with Crippen LogP contribution in [0.1, 0.15) is 5.56 Å². The van der Waals surface area contributed by atoms with Gasteiger partial charge in [-0.15, -0.1) is 0 Å². The number of aromatic nitrogens is 1. The second-order valence-corrected chi connectivity index (χ2v) is 4.36. The molecule has 0 aliphatic heterocycles. The zero-order chi connectivity index (χ0) is 13.7. The maximum Gasteiger partial charge on any atom is 0.262 e. The normalized spacial score (nSPS) is 10.0. The van der Waals surface area contributed by atoms with Crippen molar-refractivity contribution < 1.29 is 9.53 Å². The summed E-state index contributed by atoms with van der Waals surface area (Å²) in [6, 6.07) is 10.9. The molecule has 2 aromatic rings. The van der Waals surface area contributed by atoms with Gasteiger partial charge in [-0.1, -0.05) is 23.7 Å². The smallest absolute Gasteiger partial charge is 0.262 e. The highest BCUT2D eigenvalue weighted by Crippen LogP contribution is 2.20. The summed E-state index contributed by atoms with van der Waals surface area (Å²) in [5, 5.41) is 2.99. The molecule has 1 aromatic carbocycles. The summed E-state index contributed by atoms with van der Waals surface area (Å²) in [5.41, 5.74) is 1.82. The maximum atomic E-state index is 11.7. The minimum atomic E-state index is -0.245. The molecule has 5 heteroatoms. The standard InChI is InChI=1S/C14H13ClN2O2/c1-10-4-2-5-11(8-10)17-13(18)9-19-12-6-3-7-16-14(12)15/h2-8H,9H2,1H3,(H,17,18). The zero-order valence-electron chi connectivity index (χ0n) is 10.4. The van der Waals surface area contributed by atoms with Crippen LogP contribution in [-0.4, -0.2) is 17.5 Å². The van der Waals surface area contributed by atoms with E-state index in [2.05, 4.69) is 10.3 Å². The average molecular weight is 277 g/mol. The molecule has 2 rings (SSSR count). The van der Waals surface area contributed by atoms with Crippen molar-refractivity contribution in [1.29, 1.82) is 0 Å². The number of hydrogen-bond acceptors (Lipinski definition) is 3. The van der Waals surface area contributed by atoms with E-state index in [4.69, 9.17) is 16.3 Å². The maximum absolute atomic E-state index is 11.7. The summed E-state index contributed by atoms with van der Waals surface area (Å²) >= 11 is 5.82. The first-order chi connectivity index (χ1) is 9.15. The molecular weight excluding hydrogens is 264 g/mol. The van der Waals surface area contributed by atoms with Crippen molar-refractivity contribution in [3.8, 4) is 5.75 Å². The fourth-order valence-corrected chi connectivity index (χ4v) is 1.72. The summed E-state index contributed by atoms with van der Waals surface area (Å²) in [7, 11) is 0. The monoisotopic (exact) mass is 276 g/mol. The van der Waals surface area contributed by atoms with E-state index in [0.29, 0.717) is 5.75 Å². The minimum Gasteiger partial charge on any atom is -0.481 e. The summed E-state index contributed by atoms with van der Waals surface area (Å²) in [5.74, 6) is 0.147. The quantitative estimate of drug-likeness (QED) is 0.873. The summed E-state index contributed by atoms with van der Waals surface area (Å²) in [6.45, 7) is 1.85. The Morgan fingerprint density at radius 3 is 2.95 bits per heavy atom. The molecular formula is C14H13ClN2O2. The second kappa shape index (κ2) is 6.20. The van der Waals surface area contributed by atoms with Crippen molar-refractivity contribution >= 4 is 23.2 Å². The molecule has 1 amide bonds. The number of pyridine rings is 1. The van der Waals surface area contributed by atoms with E-state index in [0.717, 1.165) is 11.3 Å². The van der Waals surface area contributed by atoms with Crippen LogP contribution in [0.15, 0.2) is 42.6 Å². The Bertz CT molecular complexity index is 587. The van der Waals surface area contributed by atoms with Crippen LogP contribution in [-0.2, 0) is 4.79 Å². The summed E-state index contributed by atoms with van der Waals surface area (Å²) in [4.78, 5) is 15.6. The largest absolute Gasteiger partial charge is 0.481 e. The number of anilines is 1. The molecule has 0 bridgehead atoms.